The first-order chi connectivity index (χ1) is 10.1. The molecule has 114 valence electrons. The predicted molar refractivity (Wildman–Crippen MR) is 76.3 cm³/mol. The second-order valence-corrected chi connectivity index (χ2v) is 4.65. The van der Waals surface area contributed by atoms with E-state index in [1.54, 1.807) is 16.9 Å². The fourth-order valence-corrected chi connectivity index (χ4v) is 2.01. The van der Waals surface area contributed by atoms with Crippen molar-refractivity contribution in [2.75, 3.05) is 13.2 Å². The van der Waals surface area contributed by atoms with Gasteiger partial charge in [0.2, 0.25) is 6.29 Å². The van der Waals surface area contributed by atoms with Crippen molar-refractivity contribution in [2.24, 2.45) is 0 Å². The Bertz CT molecular complexity index is 580. The lowest BCUT2D eigenvalue weighted by Crippen LogP contribution is -2.09. The molecule has 1 aromatic carbocycles. The number of ether oxygens (including phenoxy) is 2. The van der Waals surface area contributed by atoms with Gasteiger partial charge in [0.05, 0.1) is 12.7 Å². The summed E-state index contributed by atoms with van der Waals surface area (Å²) in [7, 11) is 0. The zero-order valence-electron chi connectivity index (χ0n) is 12.5. The third-order valence-electron chi connectivity index (χ3n) is 3.08. The van der Waals surface area contributed by atoms with Crippen LogP contribution in [-0.2, 0) is 16.0 Å². The van der Waals surface area contributed by atoms with Crippen molar-refractivity contribution in [3.63, 3.8) is 0 Å². The molecule has 0 spiro atoms. The molecule has 0 saturated carbocycles. The highest BCUT2D eigenvalue weighted by atomic mass is 19.1. The highest BCUT2D eigenvalue weighted by Gasteiger charge is 2.16. The maximum absolute atomic E-state index is 13.3. The molecule has 6 heteroatoms. The molecule has 0 aliphatic carbocycles. The monoisotopic (exact) mass is 293 g/mol. The molecule has 2 aromatic rings. The molecule has 0 amide bonds. The van der Waals surface area contributed by atoms with Gasteiger partial charge in [-0.05, 0) is 44.0 Å². The molecule has 0 bridgehead atoms. The maximum atomic E-state index is 13.3. The topological polar surface area (TPSA) is 49.2 Å². The van der Waals surface area contributed by atoms with E-state index in [-0.39, 0.29) is 5.82 Å². The zero-order valence-corrected chi connectivity index (χ0v) is 12.5. The molecule has 1 aromatic heterocycles. The minimum atomic E-state index is -0.512. The Morgan fingerprint density at radius 2 is 1.95 bits per heavy atom. The minimum Gasteiger partial charge on any atom is -0.347 e. The lowest BCUT2D eigenvalue weighted by atomic mass is 10.1. The number of aromatic nitrogens is 3. The van der Waals surface area contributed by atoms with Crippen LogP contribution in [-0.4, -0.2) is 28.2 Å². The number of benzene rings is 1. The average Bonchev–Trinajstić information content (AvgIpc) is 2.91. The fraction of sp³-hybridized carbons (Fsp3) is 0.467. The van der Waals surface area contributed by atoms with E-state index in [0.717, 1.165) is 11.1 Å². The van der Waals surface area contributed by atoms with Gasteiger partial charge in [0.15, 0.2) is 0 Å². The third-order valence-corrected chi connectivity index (χ3v) is 3.08. The summed E-state index contributed by atoms with van der Waals surface area (Å²) in [6, 6.07) is 4.72. The van der Waals surface area contributed by atoms with Gasteiger partial charge in [0, 0.05) is 13.2 Å². The van der Waals surface area contributed by atoms with Crippen LogP contribution in [0.1, 0.15) is 37.0 Å². The molecule has 0 radical (unpaired) electrons. The van der Waals surface area contributed by atoms with Crippen molar-refractivity contribution in [3.05, 3.63) is 47.0 Å². The molecular formula is C15H20FN3O2. The van der Waals surface area contributed by atoms with Crippen molar-refractivity contribution < 1.29 is 13.9 Å². The van der Waals surface area contributed by atoms with Crippen LogP contribution in [0.25, 0.3) is 0 Å². The second kappa shape index (κ2) is 7.28. The van der Waals surface area contributed by atoms with Gasteiger partial charge in [-0.15, -0.1) is 5.10 Å². The molecule has 0 aliphatic heterocycles. The van der Waals surface area contributed by atoms with Crippen LogP contribution in [0.2, 0.25) is 0 Å². The van der Waals surface area contributed by atoms with Crippen LogP contribution in [0.5, 0.6) is 0 Å². The van der Waals surface area contributed by atoms with Gasteiger partial charge in [-0.25, -0.2) is 9.07 Å². The summed E-state index contributed by atoms with van der Waals surface area (Å²) in [4.78, 5) is 0. The normalized spacial score (nSPS) is 11.3. The molecule has 0 aliphatic rings. The van der Waals surface area contributed by atoms with Crippen LogP contribution < -0.4 is 0 Å². The summed E-state index contributed by atoms with van der Waals surface area (Å²) in [5, 5.41) is 8.12. The standard InChI is InChI=1S/C15H20FN3O2/c1-4-20-15(21-5-2)14-10-19(18-17-14)9-12-8-13(16)7-6-11(12)3/h6-8,10,15H,4-5,9H2,1-3H3. The molecule has 0 N–H and O–H groups in total. The quantitative estimate of drug-likeness (QED) is 0.737. The average molecular weight is 293 g/mol. The van der Waals surface area contributed by atoms with Gasteiger partial charge < -0.3 is 9.47 Å². The Kier molecular flexibility index (Phi) is 5.41. The molecule has 0 atom stereocenters. The van der Waals surface area contributed by atoms with Gasteiger partial charge in [-0.1, -0.05) is 11.3 Å². The first-order valence-corrected chi connectivity index (χ1v) is 7.02. The Balaban J connectivity index is 2.13. The minimum absolute atomic E-state index is 0.252. The maximum Gasteiger partial charge on any atom is 0.204 e. The van der Waals surface area contributed by atoms with E-state index in [1.807, 2.05) is 20.8 Å². The van der Waals surface area contributed by atoms with Crippen LogP contribution in [0, 0.1) is 12.7 Å². The molecule has 1 heterocycles. The number of hydrogen-bond donors (Lipinski definition) is 0. The van der Waals surface area contributed by atoms with Crippen molar-refractivity contribution in [3.8, 4) is 0 Å². The van der Waals surface area contributed by atoms with E-state index in [0.29, 0.717) is 25.5 Å². The highest BCUT2D eigenvalue weighted by Crippen LogP contribution is 2.17. The summed E-state index contributed by atoms with van der Waals surface area (Å²) in [6.45, 7) is 7.25. The molecular weight excluding hydrogens is 273 g/mol. The Morgan fingerprint density at radius 1 is 1.24 bits per heavy atom. The van der Waals surface area contributed by atoms with E-state index >= 15 is 0 Å². The molecule has 0 saturated heterocycles. The van der Waals surface area contributed by atoms with E-state index in [2.05, 4.69) is 10.3 Å². The second-order valence-electron chi connectivity index (χ2n) is 4.65. The van der Waals surface area contributed by atoms with Gasteiger partial charge >= 0.3 is 0 Å². The molecule has 2 rings (SSSR count). The van der Waals surface area contributed by atoms with E-state index in [9.17, 15) is 4.39 Å². The summed E-state index contributed by atoms with van der Waals surface area (Å²) in [6.07, 6.45) is 1.25. The SMILES string of the molecule is CCOC(OCC)c1cn(Cc2cc(F)ccc2C)nn1. The van der Waals surface area contributed by atoms with Gasteiger partial charge in [-0.2, -0.15) is 0 Å². The number of hydrogen-bond acceptors (Lipinski definition) is 4. The number of aryl methyl sites for hydroxylation is 1. The van der Waals surface area contributed by atoms with Crippen molar-refractivity contribution in [1.82, 2.24) is 15.0 Å². The first-order valence-electron chi connectivity index (χ1n) is 7.02. The van der Waals surface area contributed by atoms with Crippen molar-refractivity contribution >= 4 is 0 Å². The number of halogens is 1. The predicted octanol–water partition coefficient (Wildman–Crippen LogP) is 2.85. The Labute approximate surface area is 123 Å². The largest absolute Gasteiger partial charge is 0.347 e. The fourth-order valence-electron chi connectivity index (χ4n) is 2.01. The highest BCUT2D eigenvalue weighted by molar-refractivity contribution is 5.26. The van der Waals surface area contributed by atoms with E-state index in [4.69, 9.17) is 9.47 Å². The number of nitrogens with zero attached hydrogens (tertiary/aromatic N) is 3. The van der Waals surface area contributed by atoms with Crippen LogP contribution in [0.15, 0.2) is 24.4 Å². The van der Waals surface area contributed by atoms with Gasteiger partial charge in [0.25, 0.3) is 0 Å². The summed E-state index contributed by atoms with van der Waals surface area (Å²) in [5.41, 5.74) is 2.50. The van der Waals surface area contributed by atoms with Crippen LogP contribution >= 0.6 is 0 Å². The van der Waals surface area contributed by atoms with Gasteiger partial charge in [0.1, 0.15) is 11.5 Å². The smallest absolute Gasteiger partial charge is 0.204 e. The van der Waals surface area contributed by atoms with E-state index < -0.39 is 6.29 Å². The van der Waals surface area contributed by atoms with Crippen molar-refractivity contribution in [2.45, 2.75) is 33.6 Å². The van der Waals surface area contributed by atoms with Crippen LogP contribution in [0.3, 0.4) is 0 Å². The van der Waals surface area contributed by atoms with E-state index in [1.165, 1.54) is 12.1 Å². The molecule has 0 fully saturated rings. The molecule has 5 nitrogen and oxygen atoms in total. The summed E-state index contributed by atoms with van der Waals surface area (Å²) in [5.74, 6) is -0.252. The molecule has 21 heavy (non-hydrogen) atoms. The third kappa shape index (κ3) is 4.09. The van der Waals surface area contributed by atoms with Crippen molar-refractivity contribution in [1.29, 1.82) is 0 Å². The Morgan fingerprint density at radius 3 is 2.62 bits per heavy atom. The summed E-state index contributed by atoms with van der Waals surface area (Å²) >= 11 is 0. The Hall–Kier alpha value is -1.79. The lowest BCUT2D eigenvalue weighted by Gasteiger charge is -2.13. The first kappa shape index (κ1) is 15.6. The summed E-state index contributed by atoms with van der Waals surface area (Å²) < 4.78 is 25.9. The van der Waals surface area contributed by atoms with Gasteiger partial charge in [-0.3, -0.25) is 0 Å². The zero-order chi connectivity index (χ0) is 15.2. The lowest BCUT2D eigenvalue weighted by molar-refractivity contribution is -0.142. The molecule has 0 unspecified atom stereocenters. The van der Waals surface area contributed by atoms with Crippen LogP contribution in [0.4, 0.5) is 4.39 Å². The number of rotatable bonds is 7.